The summed E-state index contributed by atoms with van der Waals surface area (Å²) in [5, 5.41) is 6.48. The third-order valence-corrected chi connectivity index (χ3v) is 3.15. The molecule has 0 saturated heterocycles. The number of benzene rings is 1. The molecular formula is C16H14N4O3. The highest BCUT2D eigenvalue weighted by Crippen LogP contribution is 2.04. The number of carbonyl (C=O) groups excluding carboxylic acids is 1. The summed E-state index contributed by atoms with van der Waals surface area (Å²) in [6.07, 6.45) is 0.568. The number of aromatic nitrogens is 3. The largest absolute Gasteiger partial charge is 0.444 e. The van der Waals surface area contributed by atoms with Gasteiger partial charge in [-0.15, -0.1) is 0 Å². The third-order valence-electron chi connectivity index (χ3n) is 3.15. The number of rotatable bonds is 3. The van der Waals surface area contributed by atoms with E-state index in [4.69, 9.17) is 4.74 Å². The Morgan fingerprint density at radius 2 is 2.00 bits per heavy atom. The molecule has 1 N–H and O–H groups in total. The first-order valence-electron chi connectivity index (χ1n) is 6.97. The van der Waals surface area contributed by atoms with Gasteiger partial charge in [0.25, 0.3) is 5.56 Å². The molecule has 0 bridgehead atoms. The van der Waals surface area contributed by atoms with E-state index in [-0.39, 0.29) is 12.3 Å². The molecule has 2 aromatic heterocycles. The predicted octanol–water partition coefficient (Wildman–Crippen LogP) is 2.15. The number of nitrogens with zero attached hydrogens (tertiary/aromatic N) is 3. The van der Waals surface area contributed by atoms with Gasteiger partial charge in [-0.25, -0.2) is 9.78 Å². The highest BCUT2D eigenvalue weighted by molar-refractivity contribution is 5.84. The third kappa shape index (κ3) is 3.34. The number of fused-ring (bicyclic) bond motifs is 1. The number of nitrogens with one attached hydrogen (secondary N) is 1. The molecule has 0 unspecified atom stereocenters. The van der Waals surface area contributed by atoms with Crippen molar-refractivity contribution in [3.05, 3.63) is 70.3 Å². The summed E-state index contributed by atoms with van der Waals surface area (Å²) in [6, 6.07) is 12.7. The molecule has 0 atom stereocenters. The van der Waals surface area contributed by atoms with Gasteiger partial charge in [0, 0.05) is 0 Å². The van der Waals surface area contributed by atoms with Crippen molar-refractivity contribution in [3.8, 4) is 0 Å². The van der Waals surface area contributed by atoms with Crippen LogP contribution in [0.15, 0.2) is 53.5 Å². The minimum atomic E-state index is -0.722. The van der Waals surface area contributed by atoms with Gasteiger partial charge in [-0.1, -0.05) is 30.3 Å². The molecule has 3 aromatic rings. The zero-order valence-electron chi connectivity index (χ0n) is 12.4. The summed E-state index contributed by atoms with van der Waals surface area (Å²) < 4.78 is 6.22. The average molecular weight is 310 g/mol. The normalized spacial score (nSPS) is 10.5. The van der Waals surface area contributed by atoms with Crippen LogP contribution in [0.1, 0.15) is 11.3 Å². The first-order chi connectivity index (χ1) is 11.1. The molecule has 0 radical (unpaired) electrons. The van der Waals surface area contributed by atoms with Crippen LogP contribution >= 0.6 is 0 Å². The lowest BCUT2D eigenvalue weighted by Crippen LogP contribution is -2.25. The molecule has 116 valence electrons. The quantitative estimate of drug-likeness (QED) is 0.801. The Morgan fingerprint density at radius 1 is 1.22 bits per heavy atom. The molecule has 3 rings (SSSR count). The summed E-state index contributed by atoms with van der Waals surface area (Å²) in [5.41, 5.74) is 1.48. The highest BCUT2D eigenvalue weighted by atomic mass is 16.5. The van der Waals surface area contributed by atoms with Gasteiger partial charge in [-0.2, -0.15) is 9.61 Å². The molecule has 7 heteroatoms. The van der Waals surface area contributed by atoms with Crippen LogP contribution in [0.5, 0.6) is 0 Å². The first kappa shape index (κ1) is 14.7. The van der Waals surface area contributed by atoms with Gasteiger partial charge in [0.2, 0.25) is 0 Å². The van der Waals surface area contributed by atoms with Crippen molar-refractivity contribution in [1.82, 2.24) is 14.6 Å². The summed E-state index contributed by atoms with van der Waals surface area (Å²) in [5.74, 6) is 0. The maximum atomic E-state index is 12.3. The molecule has 0 aliphatic rings. The summed E-state index contributed by atoms with van der Waals surface area (Å²) >= 11 is 0. The van der Waals surface area contributed by atoms with Crippen molar-refractivity contribution in [2.75, 3.05) is 5.32 Å². The fourth-order valence-corrected chi connectivity index (χ4v) is 2.01. The van der Waals surface area contributed by atoms with Crippen molar-refractivity contribution in [1.29, 1.82) is 0 Å². The number of hydrogen-bond acceptors (Lipinski definition) is 5. The lowest BCUT2D eigenvalue weighted by molar-refractivity contribution is 0.155. The molecule has 0 fully saturated rings. The number of carbonyl (C=O) groups is 1. The molecule has 23 heavy (non-hydrogen) atoms. The molecular weight excluding hydrogens is 296 g/mol. The van der Waals surface area contributed by atoms with Crippen molar-refractivity contribution in [2.45, 2.75) is 13.5 Å². The van der Waals surface area contributed by atoms with Crippen molar-refractivity contribution in [2.24, 2.45) is 0 Å². The van der Waals surface area contributed by atoms with E-state index in [1.807, 2.05) is 30.3 Å². The molecule has 7 nitrogen and oxygen atoms in total. The lowest BCUT2D eigenvalue weighted by atomic mass is 10.2. The molecule has 0 saturated carbocycles. The Morgan fingerprint density at radius 3 is 2.78 bits per heavy atom. The number of hydrogen-bond donors (Lipinski definition) is 1. The highest BCUT2D eigenvalue weighted by Gasteiger charge is 2.10. The average Bonchev–Trinajstić information content (AvgIpc) is 2.57. The molecule has 1 amide bonds. The Bertz CT molecular complexity index is 906. The number of aryl methyl sites for hydroxylation is 1. The lowest BCUT2D eigenvalue weighted by Gasteiger charge is -2.07. The predicted molar refractivity (Wildman–Crippen MR) is 84.2 cm³/mol. The second-order valence-corrected chi connectivity index (χ2v) is 4.91. The van der Waals surface area contributed by atoms with Crippen molar-refractivity contribution < 1.29 is 9.53 Å². The minimum absolute atomic E-state index is 0.0126. The molecule has 0 aliphatic heterocycles. The van der Waals surface area contributed by atoms with Crippen molar-refractivity contribution >= 4 is 17.4 Å². The Labute approximate surface area is 131 Å². The Hall–Kier alpha value is -3.22. The van der Waals surface area contributed by atoms with Gasteiger partial charge in [-0.05, 0) is 24.6 Å². The summed E-state index contributed by atoms with van der Waals surface area (Å²) in [6.45, 7) is 1.88. The van der Waals surface area contributed by atoms with Crippen LogP contribution in [0.4, 0.5) is 10.5 Å². The van der Waals surface area contributed by atoms with Gasteiger partial charge >= 0.3 is 6.09 Å². The molecule has 1 aromatic carbocycles. The first-order valence-corrected chi connectivity index (χ1v) is 6.97. The number of ether oxygens (including phenoxy) is 1. The molecule has 0 aliphatic carbocycles. The summed E-state index contributed by atoms with van der Waals surface area (Å²) in [4.78, 5) is 28.2. The van der Waals surface area contributed by atoms with Crippen LogP contribution in [0.3, 0.4) is 0 Å². The Balaban J connectivity index is 1.75. The van der Waals surface area contributed by atoms with E-state index in [9.17, 15) is 9.59 Å². The van der Waals surface area contributed by atoms with Crippen LogP contribution in [0, 0.1) is 6.92 Å². The smallest absolute Gasteiger partial charge is 0.412 e. The Kier molecular flexibility index (Phi) is 4.01. The second kappa shape index (κ2) is 6.27. The van der Waals surface area contributed by atoms with Crippen LogP contribution in [-0.4, -0.2) is 20.7 Å². The van der Waals surface area contributed by atoms with Gasteiger partial charge in [0.05, 0.1) is 11.9 Å². The van der Waals surface area contributed by atoms with Crippen LogP contribution in [-0.2, 0) is 11.3 Å². The van der Waals surface area contributed by atoms with E-state index < -0.39 is 11.7 Å². The number of anilines is 1. The summed E-state index contributed by atoms with van der Waals surface area (Å²) in [7, 11) is 0. The van der Waals surface area contributed by atoms with E-state index in [1.54, 1.807) is 19.1 Å². The van der Waals surface area contributed by atoms with Gasteiger partial charge in [-0.3, -0.25) is 10.1 Å². The zero-order chi connectivity index (χ0) is 16.2. The van der Waals surface area contributed by atoms with Crippen molar-refractivity contribution in [3.63, 3.8) is 0 Å². The van der Waals surface area contributed by atoms with Gasteiger partial charge in [0.1, 0.15) is 12.3 Å². The monoisotopic (exact) mass is 310 g/mol. The standard InChI is InChI=1S/C16H14N4O3/c1-11-7-8-14-17-9-13(15(21)20(14)19-11)18-16(22)23-10-12-5-3-2-4-6-12/h2-9H,10H2,1H3,(H,18,22). The fourth-order valence-electron chi connectivity index (χ4n) is 2.01. The van der Waals surface area contributed by atoms with E-state index >= 15 is 0 Å². The minimum Gasteiger partial charge on any atom is -0.444 e. The topological polar surface area (TPSA) is 85.6 Å². The van der Waals surface area contributed by atoms with Gasteiger partial charge < -0.3 is 4.74 Å². The maximum Gasteiger partial charge on any atom is 0.412 e. The van der Waals surface area contributed by atoms with Gasteiger partial charge in [0.15, 0.2) is 5.65 Å². The van der Waals surface area contributed by atoms with E-state index in [2.05, 4.69) is 15.4 Å². The maximum absolute atomic E-state index is 12.3. The SMILES string of the molecule is Cc1ccc2ncc(NC(=O)OCc3ccccc3)c(=O)n2n1. The fraction of sp³-hybridized carbons (Fsp3) is 0.125. The van der Waals surface area contributed by atoms with E-state index in [0.717, 1.165) is 10.1 Å². The molecule has 2 heterocycles. The van der Waals surface area contributed by atoms with E-state index in [1.165, 1.54) is 6.20 Å². The number of amides is 1. The van der Waals surface area contributed by atoms with Crippen LogP contribution < -0.4 is 10.9 Å². The molecule has 0 spiro atoms. The second-order valence-electron chi connectivity index (χ2n) is 4.91. The van der Waals surface area contributed by atoms with Crippen LogP contribution in [0.25, 0.3) is 5.65 Å². The van der Waals surface area contributed by atoms with Crippen LogP contribution in [0.2, 0.25) is 0 Å². The zero-order valence-corrected chi connectivity index (χ0v) is 12.4. The van der Waals surface area contributed by atoms with E-state index in [0.29, 0.717) is 11.3 Å².